The quantitative estimate of drug-likeness (QED) is 0.812. The van der Waals surface area contributed by atoms with Crippen LogP contribution in [-0.2, 0) is 11.3 Å². The Labute approximate surface area is 93.9 Å². The van der Waals surface area contributed by atoms with Gasteiger partial charge in [0.15, 0.2) is 0 Å². The van der Waals surface area contributed by atoms with E-state index in [0.717, 1.165) is 5.56 Å². The van der Waals surface area contributed by atoms with Crippen molar-refractivity contribution in [1.29, 1.82) is 5.26 Å². The van der Waals surface area contributed by atoms with Crippen LogP contribution in [0.1, 0.15) is 18.2 Å². The van der Waals surface area contributed by atoms with Crippen molar-refractivity contribution in [3.05, 3.63) is 29.6 Å². The second kappa shape index (κ2) is 5.24. The number of aromatic nitrogens is 1. The molecule has 5 heteroatoms. The molecule has 1 unspecified atom stereocenters. The summed E-state index contributed by atoms with van der Waals surface area (Å²) in [6.45, 7) is 2.10. The Kier molecular flexibility index (Phi) is 3.97. The number of carboxylic acid groups (broad SMARTS) is 1. The molecule has 1 rings (SSSR count). The normalized spacial score (nSPS) is 12.1. The number of pyridine rings is 1. The van der Waals surface area contributed by atoms with Gasteiger partial charge in [0.1, 0.15) is 17.8 Å². The zero-order valence-electron chi connectivity index (χ0n) is 9.21. The second-order valence-corrected chi connectivity index (χ2v) is 3.59. The molecular formula is C11H13N3O2. The highest BCUT2D eigenvalue weighted by atomic mass is 16.4. The molecule has 5 nitrogen and oxygen atoms in total. The summed E-state index contributed by atoms with van der Waals surface area (Å²) >= 11 is 0. The van der Waals surface area contributed by atoms with Crippen LogP contribution >= 0.6 is 0 Å². The average molecular weight is 219 g/mol. The highest BCUT2D eigenvalue weighted by Gasteiger charge is 2.16. The maximum Gasteiger partial charge on any atom is 0.320 e. The van der Waals surface area contributed by atoms with Crippen LogP contribution in [0.15, 0.2) is 18.3 Å². The molecule has 0 saturated carbocycles. The highest BCUT2D eigenvalue weighted by Crippen LogP contribution is 2.07. The molecule has 1 N–H and O–H groups in total. The standard InChI is InChI=1S/C11H13N3O2/c1-8(11(15)16)14(2)7-9-3-4-13-10(5-9)6-12/h3-5,8H,7H2,1-2H3,(H,15,16). The minimum Gasteiger partial charge on any atom is -0.480 e. The molecular weight excluding hydrogens is 206 g/mol. The molecule has 16 heavy (non-hydrogen) atoms. The first kappa shape index (κ1) is 12.1. The summed E-state index contributed by atoms with van der Waals surface area (Å²) in [5.74, 6) is -0.864. The zero-order chi connectivity index (χ0) is 12.1. The minimum atomic E-state index is -0.864. The van der Waals surface area contributed by atoms with E-state index in [0.29, 0.717) is 12.2 Å². The molecule has 0 bridgehead atoms. The number of rotatable bonds is 4. The third-order valence-corrected chi connectivity index (χ3v) is 2.39. The molecule has 1 heterocycles. The minimum absolute atomic E-state index is 0.342. The average Bonchev–Trinajstić information content (AvgIpc) is 2.28. The number of nitriles is 1. The summed E-state index contributed by atoms with van der Waals surface area (Å²) in [4.78, 5) is 16.3. The number of likely N-dealkylation sites (N-methyl/N-ethyl adjacent to an activating group) is 1. The van der Waals surface area contributed by atoms with Crippen molar-refractivity contribution in [2.24, 2.45) is 0 Å². The van der Waals surface area contributed by atoms with E-state index in [4.69, 9.17) is 10.4 Å². The number of carboxylic acids is 1. The number of nitrogens with zero attached hydrogens (tertiary/aromatic N) is 3. The van der Waals surface area contributed by atoms with Gasteiger partial charge in [-0.3, -0.25) is 9.69 Å². The van der Waals surface area contributed by atoms with Gasteiger partial charge in [-0.25, -0.2) is 4.98 Å². The fraction of sp³-hybridized carbons (Fsp3) is 0.364. The maximum absolute atomic E-state index is 10.7. The molecule has 1 aromatic heterocycles. The Morgan fingerprint density at radius 1 is 1.75 bits per heavy atom. The molecule has 0 radical (unpaired) electrons. The fourth-order valence-electron chi connectivity index (χ4n) is 1.25. The van der Waals surface area contributed by atoms with E-state index >= 15 is 0 Å². The molecule has 0 aromatic carbocycles. The monoisotopic (exact) mass is 219 g/mol. The molecule has 1 atom stereocenters. The lowest BCUT2D eigenvalue weighted by Gasteiger charge is -2.20. The predicted octanol–water partition coefficient (Wildman–Crippen LogP) is 0.858. The SMILES string of the molecule is CC(C(=O)O)N(C)Cc1ccnc(C#N)c1. The largest absolute Gasteiger partial charge is 0.480 e. The topological polar surface area (TPSA) is 77.2 Å². The van der Waals surface area contributed by atoms with Gasteiger partial charge in [-0.2, -0.15) is 5.26 Å². The highest BCUT2D eigenvalue weighted by molar-refractivity contribution is 5.72. The van der Waals surface area contributed by atoms with Gasteiger partial charge in [-0.1, -0.05) is 0 Å². The summed E-state index contributed by atoms with van der Waals surface area (Å²) in [6, 6.07) is 4.82. The Morgan fingerprint density at radius 2 is 2.44 bits per heavy atom. The van der Waals surface area contributed by atoms with Gasteiger partial charge in [0.2, 0.25) is 0 Å². The van der Waals surface area contributed by atoms with Crippen molar-refractivity contribution in [2.75, 3.05) is 7.05 Å². The van der Waals surface area contributed by atoms with Crippen molar-refractivity contribution < 1.29 is 9.90 Å². The molecule has 0 fully saturated rings. The van der Waals surface area contributed by atoms with Gasteiger partial charge in [0.05, 0.1) is 0 Å². The Balaban J connectivity index is 2.73. The maximum atomic E-state index is 10.7. The number of carbonyl (C=O) groups is 1. The van der Waals surface area contributed by atoms with Crippen LogP contribution in [0.4, 0.5) is 0 Å². The zero-order valence-corrected chi connectivity index (χ0v) is 9.21. The van der Waals surface area contributed by atoms with Crippen LogP contribution in [-0.4, -0.2) is 34.0 Å². The van der Waals surface area contributed by atoms with E-state index in [9.17, 15) is 4.79 Å². The molecule has 84 valence electrons. The predicted molar refractivity (Wildman–Crippen MR) is 57.5 cm³/mol. The molecule has 0 aliphatic carbocycles. The molecule has 0 spiro atoms. The number of hydrogen-bond acceptors (Lipinski definition) is 4. The van der Waals surface area contributed by atoms with E-state index in [1.807, 2.05) is 6.07 Å². The van der Waals surface area contributed by atoms with Crippen LogP contribution in [0.25, 0.3) is 0 Å². The van der Waals surface area contributed by atoms with Crippen LogP contribution < -0.4 is 0 Å². The Morgan fingerprint density at radius 3 is 3.00 bits per heavy atom. The van der Waals surface area contributed by atoms with Gasteiger partial charge in [-0.15, -0.1) is 0 Å². The second-order valence-electron chi connectivity index (χ2n) is 3.59. The van der Waals surface area contributed by atoms with Crippen molar-refractivity contribution in [1.82, 2.24) is 9.88 Å². The van der Waals surface area contributed by atoms with Gasteiger partial charge >= 0.3 is 5.97 Å². The lowest BCUT2D eigenvalue weighted by molar-refractivity contribution is -0.142. The van der Waals surface area contributed by atoms with E-state index in [2.05, 4.69) is 4.98 Å². The molecule has 0 aliphatic heterocycles. The van der Waals surface area contributed by atoms with Crippen LogP contribution in [0.5, 0.6) is 0 Å². The van der Waals surface area contributed by atoms with Crippen LogP contribution in [0.2, 0.25) is 0 Å². The smallest absolute Gasteiger partial charge is 0.320 e. The lowest BCUT2D eigenvalue weighted by atomic mass is 10.2. The van der Waals surface area contributed by atoms with Crippen molar-refractivity contribution in [3.63, 3.8) is 0 Å². The third kappa shape index (κ3) is 3.04. The van der Waals surface area contributed by atoms with E-state index in [1.54, 1.807) is 37.2 Å². The summed E-state index contributed by atoms with van der Waals surface area (Å²) in [7, 11) is 1.73. The van der Waals surface area contributed by atoms with Gasteiger partial charge < -0.3 is 5.11 Å². The van der Waals surface area contributed by atoms with Crippen molar-refractivity contribution >= 4 is 5.97 Å². The summed E-state index contributed by atoms with van der Waals surface area (Å²) in [5, 5.41) is 17.5. The molecule has 0 saturated heterocycles. The molecule has 0 amide bonds. The first-order valence-electron chi connectivity index (χ1n) is 4.82. The van der Waals surface area contributed by atoms with Crippen LogP contribution in [0, 0.1) is 11.3 Å². The summed E-state index contributed by atoms with van der Waals surface area (Å²) < 4.78 is 0. The third-order valence-electron chi connectivity index (χ3n) is 2.39. The summed E-state index contributed by atoms with van der Waals surface area (Å²) in [5.41, 5.74) is 1.22. The van der Waals surface area contributed by atoms with Crippen molar-refractivity contribution in [2.45, 2.75) is 19.5 Å². The number of hydrogen-bond donors (Lipinski definition) is 1. The first-order chi connectivity index (χ1) is 7.54. The molecule has 0 aliphatic rings. The van der Waals surface area contributed by atoms with Gasteiger partial charge in [0.25, 0.3) is 0 Å². The number of aliphatic carboxylic acids is 1. The lowest BCUT2D eigenvalue weighted by Crippen LogP contribution is -2.35. The Bertz CT molecular complexity index is 425. The Hall–Kier alpha value is -1.93. The van der Waals surface area contributed by atoms with Gasteiger partial charge in [-0.05, 0) is 31.7 Å². The fourth-order valence-corrected chi connectivity index (χ4v) is 1.25. The first-order valence-corrected chi connectivity index (χ1v) is 4.82. The van der Waals surface area contributed by atoms with E-state index in [-0.39, 0.29) is 0 Å². The van der Waals surface area contributed by atoms with Gasteiger partial charge in [0, 0.05) is 12.7 Å². The molecule has 1 aromatic rings. The van der Waals surface area contributed by atoms with E-state index in [1.165, 1.54) is 0 Å². The summed E-state index contributed by atoms with van der Waals surface area (Å²) in [6.07, 6.45) is 1.55. The van der Waals surface area contributed by atoms with E-state index < -0.39 is 12.0 Å². The van der Waals surface area contributed by atoms with Crippen LogP contribution in [0.3, 0.4) is 0 Å². The van der Waals surface area contributed by atoms with Crippen molar-refractivity contribution in [3.8, 4) is 6.07 Å².